The molecule has 1 aromatic heterocycles. The third-order valence-corrected chi connectivity index (χ3v) is 2.03. The number of carbonyl (C=O) groups excluding carboxylic acids is 1. The minimum Gasteiger partial charge on any atom is -0.397 e. The molecule has 0 aliphatic carbocycles. The summed E-state index contributed by atoms with van der Waals surface area (Å²) >= 11 is 5.65. The van der Waals surface area contributed by atoms with Gasteiger partial charge in [0.1, 0.15) is 5.15 Å². The fraction of sp³-hybridized carbons (Fsp3) is 0.400. The number of rotatable bonds is 3. The first-order valence-electron chi connectivity index (χ1n) is 4.71. The third-order valence-electron chi connectivity index (χ3n) is 1.83. The first-order chi connectivity index (χ1) is 7.29. The van der Waals surface area contributed by atoms with Crippen molar-refractivity contribution in [1.29, 1.82) is 0 Å². The Labute approximate surface area is 98.6 Å². The lowest BCUT2D eigenvalue weighted by atomic mass is 10.1. The van der Waals surface area contributed by atoms with Crippen LogP contribution in [0.25, 0.3) is 0 Å². The van der Waals surface area contributed by atoms with E-state index < -0.39 is 5.60 Å². The number of nitrogen functional groups attached to an aromatic ring is 1. The molecular weight excluding hydrogens is 230 g/mol. The van der Waals surface area contributed by atoms with Gasteiger partial charge >= 0.3 is 0 Å². The maximum atomic E-state index is 11.7. The third kappa shape index (κ3) is 3.67. The summed E-state index contributed by atoms with van der Waals surface area (Å²) in [7, 11) is 0. The Hall–Kier alpha value is -1.33. The fourth-order valence-corrected chi connectivity index (χ4v) is 1.19. The van der Waals surface area contributed by atoms with Crippen molar-refractivity contribution in [3.05, 3.63) is 23.0 Å². The van der Waals surface area contributed by atoms with Crippen molar-refractivity contribution in [3.8, 4) is 0 Å². The fourth-order valence-electron chi connectivity index (χ4n) is 1.03. The highest BCUT2D eigenvalue weighted by molar-refractivity contribution is 6.29. The summed E-state index contributed by atoms with van der Waals surface area (Å²) in [6.07, 6.45) is 1.32. The number of pyridine rings is 1. The predicted molar refractivity (Wildman–Crippen MR) is 62.3 cm³/mol. The topological polar surface area (TPSA) is 88.2 Å². The Morgan fingerprint density at radius 3 is 2.88 bits per heavy atom. The standard InChI is InChI=1S/C10H14ClN3O2/c1-10(2,16)5-14-9(15)6-3-8(11)13-4-7(6)12/h3-4,16H,5,12H2,1-2H3,(H,14,15). The molecule has 6 heteroatoms. The van der Waals surface area contributed by atoms with E-state index in [9.17, 15) is 9.90 Å². The first kappa shape index (κ1) is 12.7. The van der Waals surface area contributed by atoms with Crippen LogP contribution in [-0.2, 0) is 0 Å². The van der Waals surface area contributed by atoms with E-state index in [1.165, 1.54) is 12.3 Å². The quantitative estimate of drug-likeness (QED) is 0.686. The van der Waals surface area contributed by atoms with E-state index in [2.05, 4.69) is 10.3 Å². The minimum atomic E-state index is -0.971. The van der Waals surface area contributed by atoms with Crippen molar-refractivity contribution < 1.29 is 9.90 Å². The zero-order chi connectivity index (χ0) is 12.3. The van der Waals surface area contributed by atoms with Crippen molar-refractivity contribution >= 4 is 23.2 Å². The van der Waals surface area contributed by atoms with Gasteiger partial charge in [0.2, 0.25) is 0 Å². The number of hydrogen-bond acceptors (Lipinski definition) is 4. The highest BCUT2D eigenvalue weighted by Gasteiger charge is 2.16. The first-order valence-corrected chi connectivity index (χ1v) is 5.09. The summed E-state index contributed by atoms with van der Waals surface area (Å²) in [4.78, 5) is 15.4. The summed E-state index contributed by atoms with van der Waals surface area (Å²) in [6, 6.07) is 1.39. The molecule has 0 saturated carbocycles. The van der Waals surface area contributed by atoms with Gasteiger partial charge < -0.3 is 16.2 Å². The van der Waals surface area contributed by atoms with E-state index in [0.29, 0.717) is 0 Å². The van der Waals surface area contributed by atoms with Crippen molar-refractivity contribution in [2.24, 2.45) is 0 Å². The van der Waals surface area contributed by atoms with Crippen molar-refractivity contribution in [2.45, 2.75) is 19.4 Å². The van der Waals surface area contributed by atoms with Gasteiger partial charge in [-0.05, 0) is 19.9 Å². The van der Waals surface area contributed by atoms with Crippen LogP contribution in [-0.4, -0.2) is 28.1 Å². The van der Waals surface area contributed by atoms with Gasteiger partial charge in [-0.2, -0.15) is 0 Å². The molecule has 1 amide bonds. The molecule has 88 valence electrons. The molecule has 5 nitrogen and oxygen atoms in total. The van der Waals surface area contributed by atoms with Crippen LogP contribution in [0.1, 0.15) is 24.2 Å². The van der Waals surface area contributed by atoms with Crippen molar-refractivity contribution in [3.63, 3.8) is 0 Å². The van der Waals surface area contributed by atoms with Gasteiger partial charge in [-0.1, -0.05) is 11.6 Å². The molecule has 0 spiro atoms. The van der Waals surface area contributed by atoms with Crippen molar-refractivity contribution in [2.75, 3.05) is 12.3 Å². The molecule has 16 heavy (non-hydrogen) atoms. The lowest BCUT2D eigenvalue weighted by Gasteiger charge is -2.17. The molecule has 0 radical (unpaired) electrons. The highest BCUT2D eigenvalue weighted by Crippen LogP contribution is 2.14. The average Bonchev–Trinajstić information content (AvgIpc) is 2.17. The smallest absolute Gasteiger partial charge is 0.253 e. The molecule has 0 aromatic carbocycles. The maximum absolute atomic E-state index is 11.7. The second kappa shape index (κ2) is 4.67. The Kier molecular flexibility index (Phi) is 3.72. The molecule has 1 rings (SSSR count). The van der Waals surface area contributed by atoms with Gasteiger partial charge in [0, 0.05) is 6.54 Å². The van der Waals surface area contributed by atoms with E-state index >= 15 is 0 Å². The molecule has 4 N–H and O–H groups in total. The number of aromatic nitrogens is 1. The van der Waals surface area contributed by atoms with Crippen molar-refractivity contribution in [1.82, 2.24) is 10.3 Å². The van der Waals surface area contributed by atoms with Gasteiger partial charge in [0.15, 0.2) is 0 Å². The zero-order valence-electron chi connectivity index (χ0n) is 9.12. The second-order valence-electron chi connectivity index (χ2n) is 4.09. The number of nitrogens with one attached hydrogen (secondary N) is 1. The van der Waals surface area contributed by atoms with Gasteiger partial charge in [-0.25, -0.2) is 4.98 Å². The van der Waals surface area contributed by atoms with E-state index in [0.717, 1.165) is 0 Å². The van der Waals surface area contributed by atoms with Crippen LogP contribution in [0.2, 0.25) is 5.15 Å². The number of nitrogens with zero attached hydrogens (tertiary/aromatic N) is 1. The highest BCUT2D eigenvalue weighted by atomic mass is 35.5. The van der Waals surface area contributed by atoms with Crippen LogP contribution in [0.4, 0.5) is 5.69 Å². The van der Waals surface area contributed by atoms with Crippen LogP contribution in [0.3, 0.4) is 0 Å². The predicted octanol–water partition coefficient (Wildman–Crippen LogP) is 0.818. The summed E-state index contributed by atoms with van der Waals surface area (Å²) in [6.45, 7) is 3.32. The van der Waals surface area contributed by atoms with Gasteiger partial charge in [-0.3, -0.25) is 4.79 Å². The van der Waals surface area contributed by atoms with Gasteiger partial charge in [0.25, 0.3) is 5.91 Å². The van der Waals surface area contributed by atoms with Crippen LogP contribution in [0.15, 0.2) is 12.3 Å². The summed E-state index contributed by atoms with van der Waals surface area (Å²) in [5.74, 6) is -0.385. The van der Waals surface area contributed by atoms with Crippen LogP contribution in [0.5, 0.6) is 0 Å². The van der Waals surface area contributed by atoms with E-state index in [1.807, 2.05) is 0 Å². The molecular formula is C10H14ClN3O2. The SMILES string of the molecule is CC(C)(O)CNC(=O)c1cc(Cl)ncc1N. The Bertz CT molecular complexity index is 402. The molecule has 0 atom stereocenters. The minimum absolute atomic E-state index is 0.130. The van der Waals surface area contributed by atoms with E-state index in [1.54, 1.807) is 13.8 Å². The number of carbonyl (C=O) groups is 1. The largest absolute Gasteiger partial charge is 0.397 e. The molecule has 0 saturated heterocycles. The maximum Gasteiger partial charge on any atom is 0.253 e. The van der Waals surface area contributed by atoms with E-state index in [4.69, 9.17) is 17.3 Å². The molecule has 1 aromatic rings. The molecule has 1 heterocycles. The average molecular weight is 244 g/mol. The van der Waals surface area contributed by atoms with E-state index in [-0.39, 0.29) is 28.9 Å². The van der Waals surface area contributed by atoms with Gasteiger partial charge in [0.05, 0.1) is 23.0 Å². The Morgan fingerprint density at radius 1 is 1.69 bits per heavy atom. The summed E-state index contributed by atoms with van der Waals surface area (Å²) in [5.41, 5.74) is 5.12. The lowest BCUT2D eigenvalue weighted by Crippen LogP contribution is -2.38. The van der Waals surface area contributed by atoms with Gasteiger partial charge in [-0.15, -0.1) is 0 Å². The normalized spacial score (nSPS) is 11.2. The monoisotopic (exact) mass is 243 g/mol. The lowest BCUT2D eigenvalue weighted by molar-refractivity contribution is 0.0694. The Balaban J connectivity index is 2.77. The number of hydrogen-bond donors (Lipinski definition) is 3. The number of halogens is 1. The molecule has 0 fully saturated rings. The number of aliphatic hydroxyl groups is 1. The van der Waals surface area contributed by atoms with Crippen LogP contribution >= 0.6 is 11.6 Å². The molecule has 0 aliphatic heterocycles. The molecule has 0 aliphatic rings. The Morgan fingerprint density at radius 2 is 2.31 bits per heavy atom. The molecule has 0 unspecified atom stereocenters. The van der Waals surface area contributed by atoms with Crippen LogP contribution < -0.4 is 11.1 Å². The summed E-state index contributed by atoms with van der Waals surface area (Å²) in [5, 5.41) is 12.2. The zero-order valence-corrected chi connectivity index (χ0v) is 9.88. The van der Waals surface area contributed by atoms with Crippen LogP contribution in [0, 0.1) is 0 Å². The summed E-state index contributed by atoms with van der Waals surface area (Å²) < 4.78 is 0. The second-order valence-corrected chi connectivity index (χ2v) is 4.48. The number of amides is 1. The number of anilines is 1. The molecule has 0 bridgehead atoms. The number of nitrogens with two attached hydrogens (primary N) is 1.